The van der Waals surface area contributed by atoms with Gasteiger partial charge in [-0.1, -0.05) is 20.8 Å². The van der Waals surface area contributed by atoms with E-state index in [0.717, 1.165) is 30.5 Å². The predicted molar refractivity (Wildman–Crippen MR) is 68.6 cm³/mol. The highest BCUT2D eigenvalue weighted by Gasteiger charge is 1.99. The number of rotatable bonds is 6. The van der Waals surface area contributed by atoms with Crippen LogP contribution in [0.1, 0.15) is 27.2 Å². The van der Waals surface area contributed by atoms with E-state index in [0.29, 0.717) is 0 Å². The molecule has 0 bridgehead atoms. The number of hydrogen-bond acceptors (Lipinski definition) is 3. The van der Waals surface area contributed by atoms with Gasteiger partial charge in [0.1, 0.15) is 5.82 Å². The minimum absolute atomic E-state index is 0.732. The van der Waals surface area contributed by atoms with Crippen molar-refractivity contribution in [2.24, 2.45) is 5.92 Å². The minimum Gasteiger partial charge on any atom is -0.370 e. The number of pyridine rings is 1. The molecule has 0 aliphatic rings. The van der Waals surface area contributed by atoms with Gasteiger partial charge >= 0.3 is 0 Å². The summed E-state index contributed by atoms with van der Waals surface area (Å²) in [6.45, 7) is 7.63. The van der Waals surface area contributed by atoms with Gasteiger partial charge in [-0.2, -0.15) is 0 Å². The maximum atomic E-state index is 4.28. The van der Waals surface area contributed by atoms with Gasteiger partial charge in [-0.05, 0) is 24.5 Å². The van der Waals surface area contributed by atoms with Crippen molar-refractivity contribution in [3.05, 3.63) is 18.3 Å². The second-order valence-electron chi connectivity index (χ2n) is 4.01. The third-order valence-electron chi connectivity index (χ3n) is 1.87. The molecule has 0 spiro atoms. The number of nitrogens with zero attached hydrogens (tertiary/aromatic N) is 1. The summed E-state index contributed by atoms with van der Waals surface area (Å²) in [4.78, 5) is 5.58. The molecule has 84 valence electrons. The Morgan fingerprint density at radius 1 is 1.47 bits per heavy atom. The van der Waals surface area contributed by atoms with Gasteiger partial charge in [0.2, 0.25) is 0 Å². The maximum absolute atomic E-state index is 4.28. The molecule has 3 heteroatoms. The van der Waals surface area contributed by atoms with Crippen LogP contribution < -0.4 is 5.32 Å². The van der Waals surface area contributed by atoms with Crippen LogP contribution in [0.5, 0.6) is 0 Å². The van der Waals surface area contributed by atoms with Crippen molar-refractivity contribution in [1.82, 2.24) is 4.98 Å². The van der Waals surface area contributed by atoms with Gasteiger partial charge < -0.3 is 5.32 Å². The van der Waals surface area contributed by atoms with E-state index < -0.39 is 0 Å². The van der Waals surface area contributed by atoms with Crippen molar-refractivity contribution in [3.8, 4) is 0 Å². The summed E-state index contributed by atoms with van der Waals surface area (Å²) in [6.07, 6.45) is 3.01. The van der Waals surface area contributed by atoms with Crippen LogP contribution in [0.15, 0.2) is 23.2 Å². The quantitative estimate of drug-likeness (QED) is 0.747. The molecule has 1 aromatic heterocycles. The summed E-state index contributed by atoms with van der Waals surface area (Å²) in [5.41, 5.74) is 0. The van der Waals surface area contributed by atoms with E-state index in [-0.39, 0.29) is 0 Å². The fourth-order valence-electron chi connectivity index (χ4n) is 1.11. The average Bonchev–Trinajstić information content (AvgIpc) is 2.24. The number of hydrogen-bond donors (Lipinski definition) is 1. The predicted octanol–water partition coefficient (Wildman–Crippen LogP) is 3.65. The van der Waals surface area contributed by atoms with Crippen LogP contribution in [0.4, 0.5) is 5.82 Å². The third kappa shape index (κ3) is 5.07. The first kappa shape index (κ1) is 12.4. The largest absolute Gasteiger partial charge is 0.370 e. The molecule has 0 fully saturated rings. The Morgan fingerprint density at radius 3 is 2.93 bits per heavy atom. The molecule has 0 saturated heterocycles. The monoisotopic (exact) mass is 224 g/mol. The van der Waals surface area contributed by atoms with Gasteiger partial charge in [0.25, 0.3) is 0 Å². The zero-order valence-electron chi connectivity index (χ0n) is 9.79. The zero-order chi connectivity index (χ0) is 11.1. The van der Waals surface area contributed by atoms with Crippen LogP contribution in [0.25, 0.3) is 0 Å². The van der Waals surface area contributed by atoms with Crippen molar-refractivity contribution >= 4 is 17.6 Å². The lowest BCUT2D eigenvalue weighted by Gasteiger charge is -2.07. The van der Waals surface area contributed by atoms with E-state index in [2.05, 4.69) is 43.2 Å². The highest BCUT2D eigenvalue weighted by atomic mass is 32.2. The Bertz CT molecular complexity index is 287. The van der Waals surface area contributed by atoms with Gasteiger partial charge in [-0.3, -0.25) is 0 Å². The van der Waals surface area contributed by atoms with Crippen molar-refractivity contribution in [1.29, 1.82) is 0 Å². The van der Waals surface area contributed by atoms with Gasteiger partial charge in [0.05, 0.1) is 0 Å². The summed E-state index contributed by atoms with van der Waals surface area (Å²) in [5.74, 6) is 2.89. The Hall–Kier alpha value is -0.700. The first-order valence-electron chi connectivity index (χ1n) is 5.55. The van der Waals surface area contributed by atoms with E-state index in [4.69, 9.17) is 0 Å². The molecule has 0 aliphatic carbocycles. The molecule has 2 nitrogen and oxygen atoms in total. The number of thioether (sulfide) groups is 1. The molecule has 0 aromatic carbocycles. The van der Waals surface area contributed by atoms with Crippen LogP contribution in [0.2, 0.25) is 0 Å². The Balaban J connectivity index is 2.50. The number of nitrogens with one attached hydrogen (secondary N) is 1. The minimum atomic E-state index is 0.732. The van der Waals surface area contributed by atoms with Crippen LogP contribution in [-0.2, 0) is 0 Å². The van der Waals surface area contributed by atoms with E-state index in [1.807, 2.05) is 18.0 Å². The Morgan fingerprint density at radius 2 is 2.27 bits per heavy atom. The molecule has 0 amide bonds. The number of aromatic nitrogens is 1. The second kappa shape index (κ2) is 6.72. The highest BCUT2D eigenvalue weighted by molar-refractivity contribution is 7.99. The van der Waals surface area contributed by atoms with Crippen LogP contribution >= 0.6 is 11.8 Å². The Labute approximate surface area is 96.9 Å². The molecule has 0 unspecified atom stereocenters. The first-order chi connectivity index (χ1) is 7.22. The van der Waals surface area contributed by atoms with Gasteiger partial charge in [0, 0.05) is 23.4 Å². The van der Waals surface area contributed by atoms with Crippen molar-refractivity contribution in [3.63, 3.8) is 0 Å². The fourth-order valence-corrected chi connectivity index (χ4v) is 1.99. The van der Waals surface area contributed by atoms with Crippen molar-refractivity contribution in [2.75, 3.05) is 17.6 Å². The van der Waals surface area contributed by atoms with Gasteiger partial charge in [0.15, 0.2) is 0 Å². The lowest BCUT2D eigenvalue weighted by molar-refractivity contribution is 0.750. The normalized spacial score (nSPS) is 10.7. The first-order valence-corrected chi connectivity index (χ1v) is 6.53. The SMILES string of the molecule is CCCNc1cc(SCC(C)C)ccn1. The van der Waals surface area contributed by atoms with E-state index >= 15 is 0 Å². The summed E-state index contributed by atoms with van der Waals surface area (Å²) >= 11 is 1.90. The van der Waals surface area contributed by atoms with E-state index in [9.17, 15) is 0 Å². The topological polar surface area (TPSA) is 24.9 Å². The molecular weight excluding hydrogens is 204 g/mol. The van der Waals surface area contributed by atoms with Gasteiger partial charge in [-0.15, -0.1) is 11.8 Å². The highest BCUT2D eigenvalue weighted by Crippen LogP contribution is 2.22. The van der Waals surface area contributed by atoms with Crippen LogP contribution in [0.3, 0.4) is 0 Å². The summed E-state index contributed by atoms with van der Waals surface area (Å²) in [6, 6.07) is 4.20. The van der Waals surface area contributed by atoms with Crippen molar-refractivity contribution < 1.29 is 0 Å². The zero-order valence-corrected chi connectivity index (χ0v) is 10.6. The number of anilines is 1. The Kier molecular flexibility index (Phi) is 5.54. The molecule has 1 rings (SSSR count). The fraction of sp³-hybridized carbons (Fsp3) is 0.583. The summed E-state index contributed by atoms with van der Waals surface area (Å²) in [7, 11) is 0. The molecule has 1 heterocycles. The average molecular weight is 224 g/mol. The van der Waals surface area contributed by atoms with Crippen LogP contribution in [-0.4, -0.2) is 17.3 Å². The molecular formula is C12H20N2S. The smallest absolute Gasteiger partial charge is 0.126 e. The van der Waals surface area contributed by atoms with Gasteiger partial charge in [-0.25, -0.2) is 4.98 Å². The third-order valence-corrected chi connectivity index (χ3v) is 3.29. The van der Waals surface area contributed by atoms with Crippen molar-refractivity contribution in [2.45, 2.75) is 32.1 Å². The summed E-state index contributed by atoms with van der Waals surface area (Å²) < 4.78 is 0. The molecule has 0 atom stereocenters. The van der Waals surface area contributed by atoms with E-state index in [1.165, 1.54) is 4.90 Å². The molecule has 0 saturated carbocycles. The molecule has 1 N–H and O–H groups in total. The maximum Gasteiger partial charge on any atom is 0.126 e. The molecule has 15 heavy (non-hydrogen) atoms. The summed E-state index contributed by atoms with van der Waals surface area (Å²) in [5, 5.41) is 3.30. The lowest BCUT2D eigenvalue weighted by atomic mass is 10.3. The second-order valence-corrected chi connectivity index (χ2v) is 5.10. The van der Waals surface area contributed by atoms with Crippen LogP contribution in [0, 0.1) is 5.92 Å². The molecule has 1 aromatic rings. The molecule has 0 aliphatic heterocycles. The molecule has 0 radical (unpaired) electrons. The lowest BCUT2D eigenvalue weighted by Crippen LogP contribution is -2.01. The van der Waals surface area contributed by atoms with E-state index in [1.54, 1.807) is 0 Å². The standard InChI is InChI=1S/C12H20N2S/c1-4-6-13-12-8-11(5-7-14-12)15-9-10(2)3/h5,7-8,10H,4,6,9H2,1-3H3,(H,13,14).